The summed E-state index contributed by atoms with van der Waals surface area (Å²) in [5.41, 5.74) is 0. The summed E-state index contributed by atoms with van der Waals surface area (Å²) in [6, 6.07) is 4.50. The molecule has 0 N–H and O–H groups in total. The van der Waals surface area contributed by atoms with Gasteiger partial charge in [0.25, 0.3) is 0 Å². The van der Waals surface area contributed by atoms with Crippen molar-refractivity contribution in [1.82, 2.24) is 0 Å². The molecule has 0 nitrogen and oxygen atoms in total. The number of hydrogen-bond acceptors (Lipinski definition) is 1. The van der Waals surface area contributed by atoms with E-state index in [-0.39, 0.29) is 0 Å². The zero-order chi connectivity index (χ0) is 8.97. The summed E-state index contributed by atoms with van der Waals surface area (Å²) in [5, 5.41) is 0. The summed E-state index contributed by atoms with van der Waals surface area (Å²) >= 11 is 3.18. The summed E-state index contributed by atoms with van der Waals surface area (Å²) in [5.74, 6) is 0. The Morgan fingerprint density at radius 2 is 2.25 bits per heavy atom. The molecule has 0 bridgehead atoms. The molecule has 1 rings (SSSR count). The zero-order valence-corrected chi connectivity index (χ0v) is 12.1. The fraction of sp³-hybridized carbons (Fsp3) is 0.500. The molecule has 0 amide bonds. The average Bonchev–Trinajstić information content (AvgIpc) is 2.47. The summed E-state index contributed by atoms with van der Waals surface area (Å²) < 4.78 is 1.69. The molecule has 0 aliphatic rings. The quantitative estimate of drug-likeness (QED) is 0.735. The van der Waals surface area contributed by atoms with Crippen molar-refractivity contribution >= 4 is 14.6 Å². The van der Waals surface area contributed by atoms with Gasteiger partial charge < -0.3 is 0 Å². The topological polar surface area (TPSA) is 0 Å². The molecule has 0 fully saturated rings. The molecule has 0 saturated carbocycles. The van der Waals surface area contributed by atoms with Crippen LogP contribution in [-0.4, -0.2) is 3.26 Å². The third-order valence-corrected chi connectivity index (χ3v) is 5.40. The number of unbranched alkanes of at least 4 members (excludes halogenated alkanes) is 1. The Labute approximate surface area is 93.1 Å². The van der Waals surface area contributed by atoms with Crippen LogP contribution in [0.5, 0.6) is 0 Å². The van der Waals surface area contributed by atoms with Crippen LogP contribution in [0.15, 0.2) is 12.1 Å². The molecule has 1 heterocycles. The van der Waals surface area contributed by atoms with E-state index in [1.807, 2.05) is 11.3 Å². The fourth-order valence-electron chi connectivity index (χ4n) is 1.07. The van der Waals surface area contributed by atoms with Gasteiger partial charge in [-0.15, -0.1) is 0 Å². The van der Waals surface area contributed by atoms with Crippen molar-refractivity contribution in [3.05, 3.63) is 21.9 Å². The van der Waals surface area contributed by atoms with E-state index in [2.05, 4.69) is 26.0 Å². The van der Waals surface area contributed by atoms with Crippen LogP contribution < -0.4 is 0 Å². The van der Waals surface area contributed by atoms with Gasteiger partial charge in [-0.1, -0.05) is 0 Å². The molecule has 62 valence electrons. The van der Waals surface area contributed by atoms with Crippen LogP contribution in [0.1, 0.15) is 35.9 Å². The molecule has 1 aromatic rings. The molecule has 2 heteroatoms. The third-order valence-electron chi connectivity index (χ3n) is 1.82. The van der Waals surface area contributed by atoms with E-state index in [0.717, 1.165) is 0 Å². The van der Waals surface area contributed by atoms with Crippen LogP contribution in [0.25, 0.3) is 0 Å². The predicted molar refractivity (Wildman–Crippen MR) is 52.7 cm³/mol. The molecule has 0 atom stereocenters. The summed E-state index contributed by atoms with van der Waals surface area (Å²) in [6.07, 6.45) is 3.99. The van der Waals surface area contributed by atoms with E-state index < -0.39 is 0 Å². The Kier molecular flexibility index (Phi) is 4.59. The Morgan fingerprint density at radius 1 is 1.50 bits per heavy atom. The van der Waals surface area contributed by atoms with Crippen LogP contribution in [0.3, 0.4) is 0 Å². The van der Waals surface area contributed by atoms with Crippen molar-refractivity contribution < 1.29 is 23.9 Å². The summed E-state index contributed by atoms with van der Waals surface area (Å²) in [4.78, 5) is 2.97. The number of hydrogen-bond donors (Lipinski definition) is 0. The molecular formula is C10H14HfS+2. The zero-order valence-electron chi connectivity index (χ0n) is 7.68. The summed E-state index contributed by atoms with van der Waals surface area (Å²) in [7, 11) is 0. The minimum absolute atomic E-state index is 1.23. The van der Waals surface area contributed by atoms with Crippen LogP contribution in [-0.2, 0) is 23.9 Å². The second-order valence-corrected chi connectivity index (χ2v) is 6.45. The molecule has 1 aromatic heterocycles. The molecular weight excluding hydrogens is 331 g/mol. The maximum absolute atomic E-state index is 2.28. The Hall–Kier alpha value is 0.440. The van der Waals surface area contributed by atoms with Crippen molar-refractivity contribution in [2.24, 2.45) is 0 Å². The molecule has 0 aromatic carbocycles. The molecule has 0 radical (unpaired) electrons. The third kappa shape index (κ3) is 3.06. The first kappa shape index (κ1) is 10.5. The van der Waals surface area contributed by atoms with Crippen LogP contribution >= 0.6 is 11.3 Å². The van der Waals surface area contributed by atoms with Crippen molar-refractivity contribution in [3.8, 4) is 0 Å². The average molecular weight is 345 g/mol. The first-order chi connectivity index (χ1) is 5.74. The molecule has 0 aliphatic heterocycles. The van der Waals surface area contributed by atoms with Crippen molar-refractivity contribution in [2.75, 3.05) is 0 Å². The monoisotopic (exact) mass is 346 g/mol. The van der Waals surface area contributed by atoms with Crippen LogP contribution in [0.4, 0.5) is 0 Å². The SMILES string of the molecule is CCCC[C](=[Hf+2])c1ccc(C)s1. The number of aryl methyl sites for hydroxylation is 1. The van der Waals surface area contributed by atoms with E-state index in [1.165, 1.54) is 52.9 Å². The van der Waals surface area contributed by atoms with Gasteiger partial charge >= 0.3 is 93.5 Å². The van der Waals surface area contributed by atoms with E-state index in [0.29, 0.717) is 0 Å². The summed E-state index contributed by atoms with van der Waals surface area (Å²) in [6.45, 7) is 4.44. The van der Waals surface area contributed by atoms with Crippen molar-refractivity contribution in [2.45, 2.75) is 33.1 Å². The van der Waals surface area contributed by atoms with E-state index in [1.54, 1.807) is 3.26 Å². The van der Waals surface area contributed by atoms with Gasteiger partial charge in [-0.05, 0) is 0 Å². The van der Waals surface area contributed by atoms with Crippen LogP contribution in [0, 0.1) is 6.92 Å². The van der Waals surface area contributed by atoms with Gasteiger partial charge in [0.1, 0.15) is 0 Å². The van der Waals surface area contributed by atoms with E-state index >= 15 is 0 Å². The number of thiophene rings is 1. The van der Waals surface area contributed by atoms with Gasteiger partial charge in [-0.3, -0.25) is 0 Å². The van der Waals surface area contributed by atoms with Crippen molar-refractivity contribution in [1.29, 1.82) is 0 Å². The first-order valence-corrected chi connectivity index (χ1v) is 6.99. The first-order valence-electron chi connectivity index (χ1n) is 4.38. The standard InChI is InChI=1S/C10H14S.Hf/c1-3-4-5-6-10-8-7-9(2)11-10;/h7-8H,3-5H2,1-2H3;/q;+2. The van der Waals surface area contributed by atoms with Gasteiger partial charge in [-0.2, -0.15) is 0 Å². The molecule has 12 heavy (non-hydrogen) atoms. The minimum atomic E-state index is 1.23. The Bertz CT molecular complexity index is 263. The molecule has 0 saturated heterocycles. The van der Waals surface area contributed by atoms with E-state index in [9.17, 15) is 0 Å². The van der Waals surface area contributed by atoms with Gasteiger partial charge in [0.05, 0.1) is 0 Å². The maximum atomic E-state index is 2.28. The predicted octanol–water partition coefficient (Wildman–Crippen LogP) is 3.31. The van der Waals surface area contributed by atoms with Gasteiger partial charge in [0.2, 0.25) is 0 Å². The second kappa shape index (κ2) is 5.23. The van der Waals surface area contributed by atoms with Gasteiger partial charge in [0.15, 0.2) is 0 Å². The van der Waals surface area contributed by atoms with Crippen LogP contribution in [0.2, 0.25) is 0 Å². The molecule has 0 spiro atoms. The van der Waals surface area contributed by atoms with E-state index in [4.69, 9.17) is 0 Å². The number of rotatable bonds is 4. The normalized spacial score (nSPS) is 10.3. The second-order valence-electron chi connectivity index (χ2n) is 2.99. The Morgan fingerprint density at radius 3 is 2.75 bits per heavy atom. The van der Waals surface area contributed by atoms with Gasteiger partial charge in [-0.25, -0.2) is 0 Å². The van der Waals surface area contributed by atoms with Crippen molar-refractivity contribution in [3.63, 3.8) is 0 Å². The molecule has 0 unspecified atom stereocenters. The Balaban J connectivity index is 2.53. The molecule has 0 aliphatic carbocycles. The fourth-order valence-corrected chi connectivity index (χ4v) is 3.40. The van der Waals surface area contributed by atoms with Gasteiger partial charge in [0, 0.05) is 0 Å².